The Balaban J connectivity index is 1.74. The van der Waals surface area contributed by atoms with Gasteiger partial charge in [0, 0.05) is 18.0 Å². The number of ether oxygens (including phenoxy) is 1. The van der Waals surface area contributed by atoms with Crippen LogP contribution in [0.25, 0.3) is 0 Å². The lowest BCUT2D eigenvalue weighted by Crippen LogP contribution is -2.56. The van der Waals surface area contributed by atoms with E-state index in [2.05, 4.69) is 0 Å². The van der Waals surface area contributed by atoms with E-state index in [1.807, 2.05) is 29.2 Å². The standard InChI is InChI=1S/C23H26FNO3/c1-28-19-10-8-16(9-11-19)21-20-7-2-3-12-23(20,27)13-14-25(21)22(26)17-5-4-6-18(24)15-17/h4-6,8-11,15,20-21,27H,2-3,7,12-14H2,1H3. The summed E-state index contributed by atoms with van der Waals surface area (Å²) in [5.41, 5.74) is 0.581. The van der Waals surface area contributed by atoms with Gasteiger partial charge in [-0.3, -0.25) is 4.79 Å². The average Bonchev–Trinajstić information content (AvgIpc) is 2.72. The lowest BCUT2D eigenvalue weighted by atomic mass is 9.66. The Morgan fingerprint density at radius 3 is 2.68 bits per heavy atom. The van der Waals surface area contributed by atoms with Crippen molar-refractivity contribution in [2.45, 2.75) is 43.7 Å². The van der Waals surface area contributed by atoms with Crippen LogP contribution in [0.1, 0.15) is 54.1 Å². The SMILES string of the molecule is COc1ccc(C2C3CCCCC3(O)CCN2C(=O)c2cccc(F)c2)cc1. The van der Waals surface area contributed by atoms with Gasteiger partial charge in [-0.1, -0.05) is 31.0 Å². The number of rotatable bonds is 3. The van der Waals surface area contributed by atoms with Crippen molar-refractivity contribution in [3.63, 3.8) is 0 Å². The Morgan fingerprint density at radius 1 is 1.18 bits per heavy atom. The first-order valence-electron chi connectivity index (χ1n) is 9.95. The lowest BCUT2D eigenvalue weighted by Gasteiger charge is -2.52. The van der Waals surface area contributed by atoms with E-state index < -0.39 is 11.4 Å². The number of piperidine rings is 1. The molecule has 1 saturated heterocycles. The molecule has 148 valence electrons. The molecular formula is C23H26FNO3. The zero-order chi connectivity index (χ0) is 19.7. The Morgan fingerprint density at radius 2 is 1.96 bits per heavy atom. The van der Waals surface area contributed by atoms with Gasteiger partial charge in [-0.15, -0.1) is 0 Å². The second-order valence-electron chi connectivity index (χ2n) is 7.93. The Bertz CT molecular complexity index is 853. The smallest absolute Gasteiger partial charge is 0.254 e. The van der Waals surface area contributed by atoms with Gasteiger partial charge in [0.15, 0.2) is 0 Å². The van der Waals surface area contributed by atoms with Crippen LogP contribution in [0.3, 0.4) is 0 Å². The first-order chi connectivity index (χ1) is 13.5. The molecule has 2 aromatic carbocycles. The number of fused-ring (bicyclic) bond motifs is 1. The molecule has 1 saturated carbocycles. The second-order valence-corrected chi connectivity index (χ2v) is 7.93. The summed E-state index contributed by atoms with van der Waals surface area (Å²) in [6, 6.07) is 13.3. The minimum atomic E-state index is -0.748. The Hall–Kier alpha value is -2.40. The maximum Gasteiger partial charge on any atom is 0.254 e. The third kappa shape index (κ3) is 3.39. The summed E-state index contributed by atoms with van der Waals surface area (Å²) < 4.78 is 19.0. The highest BCUT2D eigenvalue weighted by atomic mass is 19.1. The molecule has 0 radical (unpaired) electrons. The molecule has 4 rings (SSSR count). The molecule has 4 nitrogen and oxygen atoms in total. The van der Waals surface area contributed by atoms with Gasteiger partial charge in [-0.05, 0) is 55.2 Å². The zero-order valence-corrected chi connectivity index (χ0v) is 16.1. The zero-order valence-electron chi connectivity index (χ0n) is 16.1. The fourth-order valence-electron chi connectivity index (χ4n) is 4.91. The van der Waals surface area contributed by atoms with Gasteiger partial charge in [0.1, 0.15) is 11.6 Å². The van der Waals surface area contributed by atoms with Crippen LogP contribution in [0.5, 0.6) is 5.75 Å². The van der Waals surface area contributed by atoms with Crippen molar-refractivity contribution < 1.29 is 19.0 Å². The van der Waals surface area contributed by atoms with Gasteiger partial charge >= 0.3 is 0 Å². The predicted octanol–water partition coefficient (Wildman–Crippen LogP) is 4.34. The normalized spacial score (nSPS) is 27.2. The summed E-state index contributed by atoms with van der Waals surface area (Å²) in [6.07, 6.45) is 4.26. The van der Waals surface area contributed by atoms with Crippen LogP contribution in [0.15, 0.2) is 48.5 Å². The van der Waals surface area contributed by atoms with Gasteiger partial charge in [0.25, 0.3) is 5.91 Å². The summed E-state index contributed by atoms with van der Waals surface area (Å²) in [4.78, 5) is 15.1. The Kier molecular flexibility index (Phi) is 5.11. The molecule has 1 aliphatic carbocycles. The van der Waals surface area contributed by atoms with Crippen LogP contribution in [0, 0.1) is 11.7 Å². The van der Waals surface area contributed by atoms with Gasteiger partial charge in [0.05, 0.1) is 18.8 Å². The molecule has 1 heterocycles. The molecule has 2 fully saturated rings. The highest BCUT2D eigenvalue weighted by molar-refractivity contribution is 5.94. The van der Waals surface area contributed by atoms with Crippen molar-refractivity contribution in [1.29, 1.82) is 0 Å². The molecule has 2 aromatic rings. The van der Waals surface area contributed by atoms with E-state index in [1.165, 1.54) is 12.1 Å². The number of likely N-dealkylation sites (tertiary alicyclic amines) is 1. The van der Waals surface area contributed by atoms with Gasteiger partial charge < -0.3 is 14.7 Å². The number of carbonyl (C=O) groups is 1. The largest absolute Gasteiger partial charge is 0.497 e. The minimum Gasteiger partial charge on any atom is -0.497 e. The van der Waals surface area contributed by atoms with Gasteiger partial charge in [-0.25, -0.2) is 4.39 Å². The van der Waals surface area contributed by atoms with Crippen molar-refractivity contribution in [2.24, 2.45) is 5.92 Å². The number of carbonyl (C=O) groups excluding carboxylic acids is 1. The second kappa shape index (κ2) is 7.55. The molecule has 3 unspecified atom stereocenters. The molecule has 1 N–H and O–H groups in total. The van der Waals surface area contributed by atoms with Gasteiger partial charge in [-0.2, -0.15) is 0 Å². The summed E-state index contributed by atoms with van der Waals surface area (Å²) in [6.45, 7) is 0.457. The molecule has 1 amide bonds. The lowest BCUT2D eigenvalue weighted by molar-refractivity contribution is -0.115. The topological polar surface area (TPSA) is 49.8 Å². The maximum atomic E-state index is 13.7. The highest BCUT2D eigenvalue weighted by Gasteiger charge is 2.50. The van der Waals surface area contributed by atoms with E-state index in [0.717, 1.165) is 37.0 Å². The molecule has 0 spiro atoms. The van der Waals surface area contributed by atoms with E-state index in [9.17, 15) is 14.3 Å². The summed E-state index contributed by atoms with van der Waals surface area (Å²) in [5.74, 6) is 0.119. The van der Waals surface area contributed by atoms with E-state index in [4.69, 9.17) is 4.74 Å². The van der Waals surface area contributed by atoms with Crippen LogP contribution >= 0.6 is 0 Å². The highest BCUT2D eigenvalue weighted by Crippen LogP contribution is 2.49. The number of aliphatic hydroxyl groups is 1. The Labute approximate surface area is 164 Å². The van der Waals surface area contributed by atoms with Crippen LogP contribution in [-0.4, -0.2) is 35.2 Å². The number of benzene rings is 2. The average molecular weight is 383 g/mol. The molecule has 5 heteroatoms. The predicted molar refractivity (Wildman–Crippen MR) is 105 cm³/mol. The quantitative estimate of drug-likeness (QED) is 0.858. The van der Waals surface area contributed by atoms with Gasteiger partial charge in [0.2, 0.25) is 0 Å². The third-order valence-electron chi connectivity index (χ3n) is 6.36. The number of hydrogen-bond acceptors (Lipinski definition) is 3. The van der Waals surface area contributed by atoms with E-state index in [-0.39, 0.29) is 17.9 Å². The minimum absolute atomic E-state index is 0.0269. The number of methoxy groups -OCH3 is 1. The molecule has 0 aromatic heterocycles. The fraction of sp³-hybridized carbons (Fsp3) is 0.435. The van der Waals surface area contributed by atoms with E-state index in [0.29, 0.717) is 18.5 Å². The number of nitrogens with zero attached hydrogens (tertiary/aromatic N) is 1. The third-order valence-corrected chi connectivity index (χ3v) is 6.36. The molecular weight excluding hydrogens is 357 g/mol. The van der Waals surface area contributed by atoms with Crippen molar-refractivity contribution in [3.8, 4) is 5.75 Å². The van der Waals surface area contributed by atoms with Crippen molar-refractivity contribution in [2.75, 3.05) is 13.7 Å². The first kappa shape index (κ1) is 18.9. The monoisotopic (exact) mass is 383 g/mol. The summed E-state index contributed by atoms with van der Waals surface area (Å²) in [7, 11) is 1.62. The van der Waals surface area contributed by atoms with Crippen molar-refractivity contribution in [3.05, 3.63) is 65.5 Å². The molecule has 3 atom stereocenters. The van der Waals surface area contributed by atoms with Crippen LogP contribution in [-0.2, 0) is 0 Å². The molecule has 1 aliphatic heterocycles. The van der Waals surface area contributed by atoms with Crippen molar-refractivity contribution in [1.82, 2.24) is 4.90 Å². The van der Waals surface area contributed by atoms with Crippen LogP contribution < -0.4 is 4.74 Å². The summed E-state index contributed by atoms with van der Waals surface area (Å²) in [5, 5.41) is 11.3. The number of hydrogen-bond donors (Lipinski definition) is 1. The van der Waals surface area contributed by atoms with E-state index in [1.54, 1.807) is 19.2 Å². The van der Waals surface area contributed by atoms with Crippen molar-refractivity contribution >= 4 is 5.91 Å². The first-order valence-corrected chi connectivity index (χ1v) is 9.95. The van der Waals surface area contributed by atoms with Crippen LogP contribution in [0.2, 0.25) is 0 Å². The number of halogens is 1. The molecule has 2 aliphatic rings. The summed E-state index contributed by atoms with van der Waals surface area (Å²) >= 11 is 0. The maximum absolute atomic E-state index is 13.7. The fourth-order valence-corrected chi connectivity index (χ4v) is 4.91. The van der Waals surface area contributed by atoms with E-state index >= 15 is 0 Å². The molecule has 28 heavy (non-hydrogen) atoms. The number of amides is 1. The molecule has 0 bridgehead atoms. The van der Waals surface area contributed by atoms with Crippen LogP contribution in [0.4, 0.5) is 4.39 Å².